The standard InChI is InChI=1S/C55H94O6/c1-4-7-10-13-16-19-22-24-25-26-27-28-29-31-34-36-39-42-45-48-54(57)60-51-52(61-55(58)49-46-43-40-37-32-21-18-15-12-9-6-3)50-59-53(56)47-44-41-38-35-33-30-23-20-17-14-11-8-5-2/h7,10,15-16,18-19,24-25,27-28,31,34,52H,4-6,8-9,11-14,17,20-23,26,29-30,32-33,35-51H2,1-3H3/b10-7-,18-15-,19-16-,25-24-,28-27-,34-31-/t52-/m0/s1. The van der Waals surface area contributed by atoms with Crippen LogP contribution in [0, 0.1) is 0 Å². The maximum Gasteiger partial charge on any atom is 0.306 e. The second kappa shape index (κ2) is 49.5. The smallest absolute Gasteiger partial charge is 0.306 e. The van der Waals surface area contributed by atoms with Gasteiger partial charge in [0.25, 0.3) is 0 Å². The van der Waals surface area contributed by atoms with E-state index in [9.17, 15) is 14.4 Å². The van der Waals surface area contributed by atoms with E-state index in [1.807, 2.05) is 0 Å². The molecular formula is C55H94O6. The first-order chi connectivity index (χ1) is 30.0. The van der Waals surface area contributed by atoms with E-state index in [-0.39, 0.29) is 31.1 Å². The van der Waals surface area contributed by atoms with Gasteiger partial charge in [0.1, 0.15) is 13.2 Å². The predicted octanol–water partition coefficient (Wildman–Crippen LogP) is 16.6. The molecule has 0 amide bonds. The number of rotatable bonds is 45. The average Bonchev–Trinajstić information content (AvgIpc) is 3.26. The zero-order valence-electron chi connectivity index (χ0n) is 39.9. The van der Waals surface area contributed by atoms with Gasteiger partial charge in [0, 0.05) is 19.3 Å². The summed E-state index contributed by atoms with van der Waals surface area (Å²) in [5.74, 6) is -0.930. The second-order valence-corrected chi connectivity index (χ2v) is 16.7. The molecule has 350 valence electrons. The average molecular weight is 851 g/mol. The molecule has 0 saturated heterocycles. The molecule has 0 spiro atoms. The van der Waals surface area contributed by atoms with Gasteiger partial charge in [-0.2, -0.15) is 0 Å². The molecule has 1 atom stereocenters. The number of ether oxygens (including phenoxy) is 3. The van der Waals surface area contributed by atoms with Crippen LogP contribution >= 0.6 is 0 Å². The summed E-state index contributed by atoms with van der Waals surface area (Å²) >= 11 is 0. The SMILES string of the molecule is CC/C=C\C/C=C\C/C=C\C/C=C\C/C=C\CCCCCC(=O)OC[C@H](COC(=O)CCCCCCCCCCCCCCC)OC(=O)CCCCCCC/C=C\CCCC. The Morgan fingerprint density at radius 2 is 0.656 bits per heavy atom. The van der Waals surface area contributed by atoms with Crippen LogP contribution in [0.4, 0.5) is 0 Å². The number of allylic oxidation sites excluding steroid dienone is 12. The highest BCUT2D eigenvalue weighted by atomic mass is 16.6. The molecule has 0 aromatic rings. The first-order valence-electron chi connectivity index (χ1n) is 25.4. The molecule has 0 radical (unpaired) electrons. The summed E-state index contributed by atoms with van der Waals surface area (Å²) in [6.07, 6.45) is 61.7. The summed E-state index contributed by atoms with van der Waals surface area (Å²) in [6, 6.07) is 0. The van der Waals surface area contributed by atoms with Crippen LogP contribution in [0.3, 0.4) is 0 Å². The highest BCUT2D eigenvalue weighted by molar-refractivity contribution is 5.71. The number of hydrogen-bond donors (Lipinski definition) is 0. The first kappa shape index (κ1) is 57.9. The van der Waals surface area contributed by atoms with Gasteiger partial charge in [-0.1, -0.05) is 209 Å². The van der Waals surface area contributed by atoms with Gasteiger partial charge in [-0.25, -0.2) is 0 Å². The lowest BCUT2D eigenvalue weighted by atomic mass is 10.0. The van der Waals surface area contributed by atoms with Crippen LogP contribution in [-0.2, 0) is 28.6 Å². The fourth-order valence-electron chi connectivity index (χ4n) is 6.86. The van der Waals surface area contributed by atoms with Gasteiger partial charge in [0.15, 0.2) is 6.10 Å². The number of unbranched alkanes of at least 4 members (excludes halogenated alkanes) is 22. The van der Waals surface area contributed by atoms with Gasteiger partial charge in [-0.05, 0) is 83.5 Å². The van der Waals surface area contributed by atoms with Crippen LogP contribution in [0.2, 0.25) is 0 Å². The van der Waals surface area contributed by atoms with Crippen LogP contribution in [0.25, 0.3) is 0 Å². The van der Waals surface area contributed by atoms with Gasteiger partial charge in [-0.3, -0.25) is 14.4 Å². The molecule has 0 fully saturated rings. The van der Waals surface area contributed by atoms with E-state index in [1.54, 1.807) is 0 Å². The molecule has 6 heteroatoms. The highest BCUT2D eigenvalue weighted by Crippen LogP contribution is 2.14. The topological polar surface area (TPSA) is 78.9 Å². The Bertz CT molecular complexity index is 1160. The molecule has 0 aliphatic heterocycles. The van der Waals surface area contributed by atoms with Crippen molar-refractivity contribution in [3.8, 4) is 0 Å². The monoisotopic (exact) mass is 851 g/mol. The molecular weight excluding hydrogens is 757 g/mol. The lowest BCUT2D eigenvalue weighted by Crippen LogP contribution is -2.30. The Morgan fingerprint density at radius 3 is 1.08 bits per heavy atom. The Labute approximate surface area is 376 Å². The lowest BCUT2D eigenvalue weighted by Gasteiger charge is -2.18. The van der Waals surface area contributed by atoms with Crippen molar-refractivity contribution in [2.24, 2.45) is 0 Å². The lowest BCUT2D eigenvalue weighted by molar-refractivity contribution is -0.167. The summed E-state index contributed by atoms with van der Waals surface area (Å²) < 4.78 is 16.7. The molecule has 0 heterocycles. The molecule has 0 N–H and O–H groups in total. The van der Waals surface area contributed by atoms with Crippen LogP contribution in [0.15, 0.2) is 72.9 Å². The number of carbonyl (C=O) groups is 3. The number of esters is 3. The third-order valence-electron chi connectivity index (χ3n) is 10.7. The molecule has 0 aromatic carbocycles. The normalized spacial score (nSPS) is 12.6. The first-order valence-corrected chi connectivity index (χ1v) is 25.4. The molecule has 0 bridgehead atoms. The van der Waals surface area contributed by atoms with Gasteiger partial charge in [0.2, 0.25) is 0 Å². The van der Waals surface area contributed by atoms with Crippen molar-refractivity contribution in [1.82, 2.24) is 0 Å². The van der Waals surface area contributed by atoms with Gasteiger partial charge < -0.3 is 14.2 Å². The molecule has 0 saturated carbocycles. The Kier molecular flexibility index (Phi) is 46.9. The Hall–Kier alpha value is -3.15. The molecule has 0 aliphatic carbocycles. The van der Waals surface area contributed by atoms with Gasteiger partial charge in [0.05, 0.1) is 0 Å². The second-order valence-electron chi connectivity index (χ2n) is 16.7. The van der Waals surface area contributed by atoms with E-state index in [2.05, 4.69) is 93.7 Å². The summed E-state index contributed by atoms with van der Waals surface area (Å²) in [4.78, 5) is 37.9. The number of hydrogen-bond acceptors (Lipinski definition) is 6. The van der Waals surface area contributed by atoms with Crippen molar-refractivity contribution in [3.63, 3.8) is 0 Å². The number of carbonyl (C=O) groups excluding carboxylic acids is 3. The van der Waals surface area contributed by atoms with Crippen molar-refractivity contribution in [2.45, 2.75) is 245 Å². The van der Waals surface area contributed by atoms with E-state index >= 15 is 0 Å². The summed E-state index contributed by atoms with van der Waals surface area (Å²) in [7, 11) is 0. The van der Waals surface area contributed by atoms with Crippen molar-refractivity contribution in [2.75, 3.05) is 13.2 Å². The van der Waals surface area contributed by atoms with Crippen molar-refractivity contribution in [1.29, 1.82) is 0 Å². The van der Waals surface area contributed by atoms with Gasteiger partial charge in [-0.15, -0.1) is 0 Å². The molecule has 0 aliphatic rings. The van der Waals surface area contributed by atoms with E-state index in [1.165, 1.54) is 89.9 Å². The van der Waals surface area contributed by atoms with E-state index in [0.717, 1.165) is 109 Å². The largest absolute Gasteiger partial charge is 0.462 e. The van der Waals surface area contributed by atoms with E-state index in [0.29, 0.717) is 19.3 Å². The molecule has 0 rings (SSSR count). The fourth-order valence-corrected chi connectivity index (χ4v) is 6.86. The summed E-state index contributed by atoms with van der Waals surface area (Å²) in [5.41, 5.74) is 0. The van der Waals surface area contributed by atoms with E-state index < -0.39 is 6.10 Å². The van der Waals surface area contributed by atoms with Crippen molar-refractivity contribution >= 4 is 17.9 Å². The minimum absolute atomic E-state index is 0.0880. The minimum atomic E-state index is -0.790. The fraction of sp³-hybridized carbons (Fsp3) is 0.727. The molecule has 61 heavy (non-hydrogen) atoms. The molecule has 0 aromatic heterocycles. The van der Waals surface area contributed by atoms with E-state index in [4.69, 9.17) is 14.2 Å². The molecule has 6 nitrogen and oxygen atoms in total. The van der Waals surface area contributed by atoms with Crippen molar-refractivity contribution < 1.29 is 28.6 Å². The third kappa shape index (κ3) is 47.7. The summed E-state index contributed by atoms with van der Waals surface area (Å²) in [5, 5.41) is 0. The quantitative estimate of drug-likeness (QED) is 0.0263. The Morgan fingerprint density at radius 1 is 0.344 bits per heavy atom. The maximum absolute atomic E-state index is 12.7. The third-order valence-corrected chi connectivity index (χ3v) is 10.7. The Balaban J connectivity index is 4.41. The summed E-state index contributed by atoms with van der Waals surface area (Å²) in [6.45, 7) is 6.45. The van der Waals surface area contributed by atoms with Crippen LogP contribution < -0.4 is 0 Å². The molecule has 0 unspecified atom stereocenters. The van der Waals surface area contributed by atoms with Crippen LogP contribution in [-0.4, -0.2) is 37.2 Å². The minimum Gasteiger partial charge on any atom is -0.462 e. The van der Waals surface area contributed by atoms with Crippen molar-refractivity contribution in [3.05, 3.63) is 72.9 Å². The van der Waals surface area contributed by atoms with Crippen LogP contribution in [0.1, 0.15) is 239 Å². The van der Waals surface area contributed by atoms with Gasteiger partial charge >= 0.3 is 17.9 Å². The zero-order chi connectivity index (χ0) is 44.4. The zero-order valence-corrected chi connectivity index (χ0v) is 39.9. The highest BCUT2D eigenvalue weighted by Gasteiger charge is 2.19. The van der Waals surface area contributed by atoms with Crippen LogP contribution in [0.5, 0.6) is 0 Å². The maximum atomic E-state index is 12.7. The predicted molar refractivity (Wildman–Crippen MR) is 261 cm³/mol.